The Kier molecular flexibility index (Phi) is 7.08. The molecule has 1 atom stereocenters. The Hall–Kier alpha value is -1.83. The van der Waals surface area contributed by atoms with Crippen LogP contribution in [0.1, 0.15) is 31.7 Å². The van der Waals surface area contributed by atoms with Crippen LogP contribution in [-0.4, -0.2) is 47.5 Å². The molecular formula is C18H25Cl2N5O2. The van der Waals surface area contributed by atoms with Crippen molar-refractivity contribution in [3.63, 3.8) is 0 Å². The first-order chi connectivity index (χ1) is 12.2. The lowest BCUT2D eigenvalue weighted by atomic mass is 10.0. The van der Waals surface area contributed by atoms with E-state index < -0.39 is 0 Å². The number of imide groups is 1. The predicted octanol–water partition coefficient (Wildman–Crippen LogP) is 2.05. The second-order valence-corrected chi connectivity index (χ2v) is 6.84. The molecule has 9 heteroatoms. The molecule has 2 amide bonds. The van der Waals surface area contributed by atoms with E-state index in [0.29, 0.717) is 18.9 Å². The van der Waals surface area contributed by atoms with Crippen LogP contribution in [0.15, 0.2) is 24.5 Å². The van der Waals surface area contributed by atoms with E-state index in [0.717, 1.165) is 37.0 Å². The Bertz CT molecular complexity index is 817. The van der Waals surface area contributed by atoms with Crippen molar-refractivity contribution in [3.05, 3.63) is 24.5 Å². The molecule has 27 heavy (non-hydrogen) atoms. The number of carbonyl (C=O) groups is 2. The number of nitrogens with one attached hydrogen (secondary N) is 2. The van der Waals surface area contributed by atoms with Crippen LogP contribution in [0.25, 0.3) is 11.0 Å². The van der Waals surface area contributed by atoms with Crippen molar-refractivity contribution < 1.29 is 9.59 Å². The molecule has 2 N–H and O–H groups in total. The Labute approximate surface area is 170 Å². The van der Waals surface area contributed by atoms with E-state index in [4.69, 9.17) is 0 Å². The molecule has 1 unspecified atom stereocenters. The first-order valence-corrected chi connectivity index (χ1v) is 8.88. The molecule has 1 aromatic heterocycles. The van der Waals surface area contributed by atoms with Crippen LogP contribution in [0, 0.1) is 0 Å². The molecule has 1 aromatic carbocycles. The number of benzene rings is 1. The minimum Gasteiger partial charge on any atom is -0.371 e. The average molecular weight is 414 g/mol. The van der Waals surface area contributed by atoms with Crippen LogP contribution >= 0.6 is 24.8 Å². The number of anilines is 1. The van der Waals surface area contributed by atoms with Gasteiger partial charge in [0.15, 0.2) is 0 Å². The van der Waals surface area contributed by atoms with Crippen molar-refractivity contribution in [2.75, 3.05) is 25.0 Å². The van der Waals surface area contributed by atoms with E-state index in [1.54, 1.807) is 6.33 Å². The number of hydrogen-bond donors (Lipinski definition) is 2. The number of aromatic nitrogens is 2. The van der Waals surface area contributed by atoms with E-state index in [1.807, 2.05) is 17.7 Å². The molecule has 2 aliphatic rings. The summed E-state index contributed by atoms with van der Waals surface area (Å²) in [5, 5.41) is 5.76. The predicted molar refractivity (Wildman–Crippen MR) is 110 cm³/mol. The van der Waals surface area contributed by atoms with Crippen molar-refractivity contribution in [1.82, 2.24) is 20.2 Å². The normalized spacial score (nSPS) is 20.8. The zero-order valence-electron chi connectivity index (χ0n) is 15.2. The molecule has 2 saturated heterocycles. The molecule has 0 spiro atoms. The van der Waals surface area contributed by atoms with Gasteiger partial charge in [-0.15, -0.1) is 24.8 Å². The standard InChI is InChI=1S/C18H23N5O2.2ClH/c1-19-12-6-8-22(9-7-12)13-2-3-15-14(10-13)20-11-23(15)16-4-5-17(24)21-18(16)25;;/h2-3,10-12,16,19H,4-9H2,1H3,(H,21,24,25);2*1H. The highest BCUT2D eigenvalue weighted by Gasteiger charge is 2.29. The summed E-state index contributed by atoms with van der Waals surface area (Å²) in [6, 6.07) is 6.47. The number of rotatable bonds is 3. The van der Waals surface area contributed by atoms with Gasteiger partial charge >= 0.3 is 0 Å². The van der Waals surface area contributed by atoms with Gasteiger partial charge in [-0.2, -0.15) is 0 Å². The van der Waals surface area contributed by atoms with E-state index in [9.17, 15) is 9.59 Å². The number of amides is 2. The first kappa shape index (κ1) is 21.5. The molecule has 3 heterocycles. The topological polar surface area (TPSA) is 79.3 Å². The molecule has 7 nitrogen and oxygen atoms in total. The SMILES string of the molecule is CNC1CCN(c2ccc3c(c2)ncn3C2CCC(=O)NC2=O)CC1.Cl.Cl. The summed E-state index contributed by atoms with van der Waals surface area (Å²) in [4.78, 5) is 30.4. The molecule has 4 rings (SSSR count). The highest BCUT2D eigenvalue weighted by Crippen LogP contribution is 2.28. The summed E-state index contributed by atoms with van der Waals surface area (Å²) < 4.78 is 1.88. The number of hydrogen-bond acceptors (Lipinski definition) is 5. The van der Waals surface area contributed by atoms with E-state index in [-0.39, 0.29) is 42.7 Å². The lowest BCUT2D eigenvalue weighted by Gasteiger charge is -2.33. The zero-order chi connectivity index (χ0) is 17.4. The molecule has 0 radical (unpaired) electrons. The van der Waals surface area contributed by atoms with Gasteiger partial charge in [0.05, 0.1) is 17.4 Å². The van der Waals surface area contributed by atoms with Crippen LogP contribution < -0.4 is 15.5 Å². The van der Waals surface area contributed by atoms with Gasteiger partial charge in [-0.3, -0.25) is 14.9 Å². The quantitative estimate of drug-likeness (QED) is 0.752. The van der Waals surface area contributed by atoms with Gasteiger partial charge in [0.2, 0.25) is 11.8 Å². The van der Waals surface area contributed by atoms with Gasteiger partial charge in [0.1, 0.15) is 6.04 Å². The van der Waals surface area contributed by atoms with Crippen molar-refractivity contribution in [2.45, 2.75) is 37.8 Å². The smallest absolute Gasteiger partial charge is 0.249 e. The monoisotopic (exact) mass is 413 g/mol. The number of halogens is 2. The molecule has 0 aliphatic carbocycles. The Morgan fingerprint density at radius 1 is 1.15 bits per heavy atom. The summed E-state index contributed by atoms with van der Waals surface area (Å²) in [6.07, 6.45) is 4.88. The highest BCUT2D eigenvalue weighted by atomic mass is 35.5. The van der Waals surface area contributed by atoms with Gasteiger partial charge in [0.25, 0.3) is 0 Å². The summed E-state index contributed by atoms with van der Waals surface area (Å²) in [7, 11) is 2.02. The van der Waals surface area contributed by atoms with Crippen LogP contribution in [0.4, 0.5) is 5.69 Å². The van der Waals surface area contributed by atoms with E-state index in [2.05, 4.69) is 32.7 Å². The Morgan fingerprint density at radius 2 is 1.89 bits per heavy atom. The lowest BCUT2D eigenvalue weighted by Crippen LogP contribution is -2.41. The largest absolute Gasteiger partial charge is 0.371 e. The van der Waals surface area contributed by atoms with E-state index in [1.165, 1.54) is 5.69 Å². The molecule has 2 aromatic rings. The maximum absolute atomic E-state index is 12.1. The minimum atomic E-state index is -0.361. The third kappa shape index (κ3) is 4.20. The second kappa shape index (κ2) is 8.91. The van der Waals surface area contributed by atoms with Gasteiger partial charge < -0.3 is 14.8 Å². The number of piperidine rings is 2. The summed E-state index contributed by atoms with van der Waals surface area (Å²) in [5.41, 5.74) is 3.00. The second-order valence-electron chi connectivity index (χ2n) is 6.84. The Balaban J connectivity index is 0.00000131. The van der Waals surface area contributed by atoms with Gasteiger partial charge in [0, 0.05) is 31.2 Å². The van der Waals surface area contributed by atoms with Crippen molar-refractivity contribution in [3.8, 4) is 0 Å². The van der Waals surface area contributed by atoms with Crippen LogP contribution in [-0.2, 0) is 9.59 Å². The summed E-state index contributed by atoms with van der Waals surface area (Å²) >= 11 is 0. The Morgan fingerprint density at radius 3 is 2.56 bits per heavy atom. The maximum Gasteiger partial charge on any atom is 0.249 e. The van der Waals surface area contributed by atoms with Gasteiger partial charge in [-0.1, -0.05) is 0 Å². The molecule has 2 aliphatic heterocycles. The number of fused-ring (bicyclic) bond motifs is 1. The van der Waals surface area contributed by atoms with Gasteiger partial charge in [-0.05, 0) is 44.5 Å². The maximum atomic E-state index is 12.1. The molecular weight excluding hydrogens is 389 g/mol. The summed E-state index contributed by atoms with van der Waals surface area (Å²) in [6.45, 7) is 2.07. The van der Waals surface area contributed by atoms with Crippen LogP contribution in [0.3, 0.4) is 0 Å². The summed E-state index contributed by atoms with van der Waals surface area (Å²) in [5.74, 6) is -0.438. The fourth-order valence-corrected chi connectivity index (χ4v) is 3.84. The van der Waals surface area contributed by atoms with E-state index >= 15 is 0 Å². The fraction of sp³-hybridized carbons (Fsp3) is 0.500. The molecule has 0 saturated carbocycles. The minimum absolute atomic E-state index is 0. The molecule has 2 fully saturated rings. The van der Waals surface area contributed by atoms with Crippen LogP contribution in [0.5, 0.6) is 0 Å². The zero-order valence-corrected chi connectivity index (χ0v) is 16.8. The molecule has 0 bridgehead atoms. The van der Waals surface area contributed by atoms with Crippen LogP contribution in [0.2, 0.25) is 0 Å². The average Bonchev–Trinajstić information content (AvgIpc) is 3.05. The van der Waals surface area contributed by atoms with Gasteiger partial charge in [-0.25, -0.2) is 4.98 Å². The number of nitrogens with zero attached hydrogens (tertiary/aromatic N) is 3. The third-order valence-electron chi connectivity index (χ3n) is 5.37. The van der Waals surface area contributed by atoms with Crippen molar-refractivity contribution in [2.24, 2.45) is 0 Å². The van der Waals surface area contributed by atoms with Crippen molar-refractivity contribution in [1.29, 1.82) is 0 Å². The first-order valence-electron chi connectivity index (χ1n) is 8.88. The lowest BCUT2D eigenvalue weighted by molar-refractivity contribution is -0.135. The fourth-order valence-electron chi connectivity index (χ4n) is 3.84. The third-order valence-corrected chi connectivity index (χ3v) is 5.37. The number of imidazole rings is 1. The number of carbonyl (C=O) groups excluding carboxylic acids is 2. The van der Waals surface area contributed by atoms with Crippen molar-refractivity contribution >= 4 is 53.3 Å². The highest BCUT2D eigenvalue weighted by molar-refractivity contribution is 6.00. The molecule has 148 valence electrons.